The predicted octanol–water partition coefficient (Wildman–Crippen LogP) is 1.24. The number of methoxy groups -OCH3 is 1. The second-order valence-corrected chi connectivity index (χ2v) is 3.84. The average molecular weight is 222 g/mol. The molecule has 1 aliphatic carbocycles. The van der Waals surface area contributed by atoms with Crippen LogP contribution in [0.15, 0.2) is 12.1 Å². The summed E-state index contributed by atoms with van der Waals surface area (Å²) in [4.78, 5) is 15.3. The highest BCUT2D eigenvalue weighted by atomic mass is 16.5. The number of hydrogen-bond donors (Lipinski definition) is 1. The Morgan fingerprint density at radius 3 is 2.94 bits per heavy atom. The number of carbonyl (C=O) groups is 1. The number of esters is 1. The maximum absolute atomic E-state index is 11.2. The van der Waals surface area contributed by atoms with Crippen molar-refractivity contribution in [2.24, 2.45) is 5.92 Å². The molecule has 1 aromatic heterocycles. The van der Waals surface area contributed by atoms with Crippen LogP contribution in [0, 0.1) is 5.92 Å². The Balaban J connectivity index is 2.11. The maximum atomic E-state index is 11.2. The lowest BCUT2D eigenvalue weighted by Crippen LogP contribution is -2.09. The lowest BCUT2D eigenvalue weighted by Gasteiger charge is -2.08. The van der Waals surface area contributed by atoms with E-state index < -0.39 is 5.97 Å². The molecule has 0 atom stereocenters. The minimum atomic E-state index is -0.490. The van der Waals surface area contributed by atoms with Crippen LogP contribution in [0.2, 0.25) is 0 Å². The molecule has 1 heterocycles. The smallest absolute Gasteiger partial charge is 0.356 e. The van der Waals surface area contributed by atoms with Crippen molar-refractivity contribution in [1.82, 2.24) is 4.98 Å². The first-order valence-electron chi connectivity index (χ1n) is 5.18. The molecular weight excluding hydrogens is 208 g/mol. The van der Waals surface area contributed by atoms with Gasteiger partial charge in [0.05, 0.1) is 19.4 Å². The summed E-state index contributed by atoms with van der Waals surface area (Å²) in [7, 11) is 1.31. The van der Waals surface area contributed by atoms with Gasteiger partial charge in [0.2, 0.25) is 5.88 Å². The van der Waals surface area contributed by atoms with Crippen LogP contribution in [0.5, 0.6) is 5.88 Å². The fraction of sp³-hybridized carbons (Fsp3) is 0.455. The Labute approximate surface area is 93.6 Å². The molecule has 0 aromatic carbocycles. The number of pyridine rings is 1. The second kappa shape index (κ2) is 4.38. The highest BCUT2D eigenvalue weighted by molar-refractivity contribution is 5.87. The van der Waals surface area contributed by atoms with Crippen molar-refractivity contribution in [2.45, 2.75) is 12.8 Å². The highest BCUT2D eigenvalue weighted by Gasteiger charge is 2.22. The number of nitrogens with two attached hydrogens (primary N) is 1. The molecule has 86 valence electrons. The van der Waals surface area contributed by atoms with Crippen LogP contribution in [-0.4, -0.2) is 24.7 Å². The van der Waals surface area contributed by atoms with E-state index in [1.54, 1.807) is 6.07 Å². The van der Waals surface area contributed by atoms with Gasteiger partial charge in [0.15, 0.2) is 5.69 Å². The van der Waals surface area contributed by atoms with E-state index in [0.29, 0.717) is 24.1 Å². The fourth-order valence-electron chi connectivity index (χ4n) is 1.27. The molecule has 1 fully saturated rings. The number of rotatable bonds is 4. The van der Waals surface area contributed by atoms with E-state index in [4.69, 9.17) is 10.5 Å². The Hall–Kier alpha value is -1.78. The first-order chi connectivity index (χ1) is 7.70. The van der Waals surface area contributed by atoms with E-state index in [0.717, 1.165) is 0 Å². The lowest BCUT2D eigenvalue weighted by molar-refractivity contribution is 0.0593. The molecule has 0 spiro atoms. The third kappa shape index (κ3) is 2.42. The minimum Gasteiger partial charge on any atom is -0.476 e. The number of hydrogen-bond acceptors (Lipinski definition) is 5. The van der Waals surface area contributed by atoms with E-state index in [9.17, 15) is 4.79 Å². The Bertz CT molecular complexity index is 402. The number of aromatic nitrogens is 1. The summed E-state index contributed by atoms with van der Waals surface area (Å²) in [6.07, 6.45) is 2.38. The number of ether oxygens (including phenoxy) is 2. The van der Waals surface area contributed by atoms with Gasteiger partial charge in [-0.1, -0.05) is 0 Å². The van der Waals surface area contributed by atoms with Crippen LogP contribution >= 0.6 is 0 Å². The van der Waals surface area contributed by atoms with Crippen LogP contribution in [0.25, 0.3) is 0 Å². The summed E-state index contributed by atoms with van der Waals surface area (Å²) in [5.41, 5.74) is 6.35. The largest absolute Gasteiger partial charge is 0.476 e. The van der Waals surface area contributed by atoms with Gasteiger partial charge in [-0.05, 0) is 30.9 Å². The number of carbonyl (C=O) groups excluding carboxylic acids is 1. The van der Waals surface area contributed by atoms with E-state index in [2.05, 4.69) is 9.72 Å². The third-order valence-corrected chi connectivity index (χ3v) is 2.44. The van der Waals surface area contributed by atoms with Gasteiger partial charge in [-0.2, -0.15) is 0 Å². The minimum absolute atomic E-state index is 0.211. The summed E-state index contributed by atoms with van der Waals surface area (Å²) in [5, 5.41) is 0. The van der Waals surface area contributed by atoms with E-state index >= 15 is 0 Å². The molecule has 0 bridgehead atoms. The molecular formula is C11H14N2O3. The summed E-state index contributed by atoms with van der Waals surface area (Å²) in [6, 6.07) is 3.12. The quantitative estimate of drug-likeness (QED) is 0.776. The van der Waals surface area contributed by atoms with Gasteiger partial charge in [-0.3, -0.25) is 0 Å². The molecule has 0 saturated heterocycles. The van der Waals surface area contributed by atoms with Crippen molar-refractivity contribution < 1.29 is 14.3 Å². The van der Waals surface area contributed by atoms with Crippen molar-refractivity contribution >= 4 is 11.7 Å². The van der Waals surface area contributed by atoms with Crippen molar-refractivity contribution in [1.29, 1.82) is 0 Å². The highest BCUT2D eigenvalue weighted by Crippen LogP contribution is 2.30. The van der Waals surface area contributed by atoms with E-state index in [1.807, 2.05) is 0 Å². The first-order valence-corrected chi connectivity index (χ1v) is 5.18. The van der Waals surface area contributed by atoms with Crippen molar-refractivity contribution in [3.05, 3.63) is 17.8 Å². The van der Waals surface area contributed by atoms with Gasteiger partial charge < -0.3 is 15.2 Å². The predicted molar refractivity (Wildman–Crippen MR) is 58.2 cm³/mol. The molecule has 0 radical (unpaired) electrons. The molecule has 5 heteroatoms. The van der Waals surface area contributed by atoms with Crippen molar-refractivity contribution in [3.8, 4) is 5.88 Å². The summed E-state index contributed by atoms with van der Waals surface area (Å²) < 4.78 is 10.0. The van der Waals surface area contributed by atoms with Crippen LogP contribution in [0.3, 0.4) is 0 Å². The Kier molecular flexibility index (Phi) is 2.94. The van der Waals surface area contributed by atoms with Crippen molar-refractivity contribution in [3.63, 3.8) is 0 Å². The summed E-state index contributed by atoms with van der Waals surface area (Å²) in [6.45, 7) is 0.613. The summed E-state index contributed by atoms with van der Waals surface area (Å²) in [5.74, 6) is 0.439. The monoisotopic (exact) mass is 222 g/mol. The molecule has 0 unspecified atom stereocenters. The molecule has 16 heavy (non-hydrogen) atoms. The number of nitrogens with zero attached hydrogens (tertiary/aromatic N) is 1. The molecule has 1 aliphatic rings. The number of nitrogen functional groups attached to an aromatic ring is 1. The molecule has 1 saturated carbocycles. The first kappa shape index (κ1) is 10.7. The molecule has 0 amide bonds. The van der Waals surface area contributed by atoms with Gasteiger partial charge >= 0.3 is 5.97 Å². The van der Waals surface area contributed by atoms with Crippen LogP contribution < -0.4 is 10.5 Å². The Morgan fingerprint density at radius 2 is 2.31 bits per heavy atom. The van der Waals surface area contributed by atoms with Crippen LogP contribution in [-0.2, 0) is 4.74 Å². The van der Waals surface area contributed by atoms with Gasteiger partial charge in [0.25, 0.3) is 0 Å². The normalized spacial score (nSPS) is 14.6. The Morgan fingerprint density at radius 1 is 1.56 bits per heavy atom. The maximum Gasteiger partial charge on any atom is 0.356 e. The van der Waals surface area contributed by atoms with E-state index in [1.165, 1.54) is 26.0 Å². The van der Waals surface area contributed by atoms with Crippen molar-refractivity contribution in [2.75, 3.05) is 19.5 Å². The molecule has 1 aromatic rings. The third-order valence-electron chi connectivity index (χ3n) is 2.44. The van der Waals surface area contributed by atoms with Crippen LogP contribution in [0.4, 0.5) is 5.69 Å². The zero-order chi connectivity index (χ0) is 11.5. The average Bonchev–Trinajstić information content (AvgIpc) is 3.11. The van der Waals surface area contributed by atoms with E-state index in [-0.39, 0.29) is 5.69 Å². The lowest BCUT2D eigenvalue weighted by atomic mass is 10.3. The van der Waals surface area contributed by atoms with Gasteiger partial charge in [-0.25, -0.2) is 9.78 Å². The number of anilines is 1. The standard InChI is InChI=1S/C11H14N2O3/c1-15-11(14)9-5-4-8(12)10(13-9)16-6-7-2-3-7/h4-5,7H,2-3,6,12H2,1H3. The molecule has 0 aliphatic heterocycles. The topological polar surface area (TPSA) is 74.4 Å². The zero-order valence-corrected chi connectivity index (χ0v) is 9.10. The zero-order valence-electron chi connectivity index (χ0n) is 9.10. The molecule has 2 N–H and O–H groups in total. The molecule has 2 rings (SSSR count). The molecule has 5 nitrogen and oxygen atoms in total. The van der Waals surface area contributed by atoms with Gasteiger partial charge in [0.1, 0.15) is 0 Å². The SMILES string of the molecule is COC(=O)c1ccc(N)c(OCC2CC2)n1. The van der Waals surface area contributed by atoms with Crippen LogP contribution in [0.1, 0.15) is 23.3 Å². The summed E-state index contributed by atoms with van der Waals surface area (Å²) >= 11 is 0. The fourth-order valence-corrected chi connectivity index (χ4v) is 1.27. The van der Waals surface area contributed by atoms with Gasteiger partial charge in [0, 0.05) is 0 Å². The van der Waals surface area contributed by atoms with Gasteiger partial charge in [-0.15, -0.1) is 0 Å². The second-order valence-electron chi connectivity index (χ2n) is 3.84.